The van der Waals surface area contributed by atoms with Crippen molar-refractivity contribution in [2.75, 3.05) is 32.8 Å². The van der Waals surface area contributed by atoms with E-state index in [4.69, 9.17) is 32.7 Å². The van der Waals surface area contributed by atoms with Gasteiger partial charge in [0, 0.05) is 41.2 Å². The Morgan fingerprint density at radius 3 is 2.89 bits per heavy atom. The van der Waals surface area contributed by atoms with E-state index in [0.29, 0.717) is 41.9 Å². The highest BCUT2D eigenvalue weighted by atomic mass is 35.5. The van der Waals surface area contributed by atoms with E-state index in [0.717, 1.165) is 6.42 Å². The number of benzene rings is 1. The average Bonchev–Trinajstić information content (AvgIpc) is 3.25. The number of nitro groups is 1. The molecule has 27 heavy (non-hydrogen) atoms. The van der Waals surface area contributed by atoms with E-state index in [-0.39, 0.29) is 25.0 Å². The van der Waals surface area contributed by atoms with Gasteiger partial charge in [0.1, 0.15) is 11.7 Å². The van der Waals surface area contributed by atoms with Crippen LogP contribution in [0.3, 0.4) is 0 Å². The molecule has 1 aromatic carbocycles. The van der Waals surface area contributed by atoms with Gasteiger partial charge in [-0.15, -0.1) is 0 Å². The molecule has 0 radical (unpaired) electrons. The molecule has 0 spiro atoms. The van der Waals surface area contributed by atoms with Crippen molar-refractivity contribution in [1.29, 1.82) is 0 Å². The quantitative estimate of drug-likeness (QED) is 0.540. The van der Waals surface area contributed by atoms with Crippen molar-refractivity contribution in [1.82, 2.24) is 9.80 Å². The molecule has 0 N–H and O–H groups in total. The summed E-state index contributed by atoms with van der Waals surface area (Å²) in [6, 6.07) is 4.84. The molecule has 146 valence electrons. The van der Waals surface area contributed by atoms with Gasteiger partial charge >= 0.3 is 6.09 Å². The maximum atomic E-state index is 12.5. The van der Waals surface area contributed by atoms with Gasteiger partial charge in [0.2, 0.25) is 0 Å². The summed E-state index contributed by atoms with van der Waals surface area (Å²) in [5.74, 6) is 0.241. The molecule has 2 aliphatic heterocycles. The van der Waals surface area contributed by atoms with E-state index < -0.39 is 11.1 Å². The van der Waals surface area contributed by atoms with Gasteiger partial charge in [-0.1, -0.05) is 29.3 Å². The number of carbonyl (C=O) groups excluding carboxylic acids is 1. The maximum absolute atomic E-state index is 12.5. The summed E-state index contributed by atoms with van der Waals surface area (Å²) in [6.45, 7) is 2.44. The van der Waals surface area contributed by atoms with Crippen LogP contribution in [0.4, 0.5) is 4.79 Å². The van der Waals surface area contributed by atoms with Crippen molar-refractivity contribution in [2.24, 2.45) is 11.0 Å². The normalized spacial score (nSPS) is 21.1. The number of amides is 1. The molecule has 3 rings (SSSR count). The summed E-state index contributed by atoms with van der Waals surface area (Å²) in [7, 11) is 0. The Balaban J connectivity index is 1.66. The molecule has 2 fully saturated rings. The average molecular weight is 417 g/mol. The fourth-order valence-corrected chi connectivity index (χ4v) is 3.49. The van der Waals surface area contributed by atoms with Crippen LogP contribution in [0.5, 0.6) is 0 Å². The topological polar surface area (TPSA) is 97.5 Å². The molecular formula is C16H18Cl2N4O5. The second-order valence-electron chi connectivity index (χ2n) is 6.26. The molecule has 2 saturated heterocycles. The van der Waals surface area contributed by atoms with Gasteiger partial charge < -0.3 is 14.4 Å². The predicted molar refractivity (Wildman–Crippen MR) is 98.3 cm³/mol. The second-order valence-corrected chi connectivity index (χ2v) is 7.10. The molecule has 0 aromatic heterocycles. The van der Waals surface area contributed by atoms with Crippen LogP contribution in [0.15, 0.2) is 23.3 Å². The Morgan fingerprint density at radius 1 is 1.41 bits per heavy atom. The summed E-state index contributed by atoms with van der Waals surface area (Å²) in [4.78, 5) is 26.3. The van der Waals surface area contributed by atoms with Crippen LogP contribution >= 0.6 is 23.2 Å². The predicted octanol–water partition coefficient (Wildman–Crippen LogP) is 2.83. The number of rotatable bonds is 5. The van der Waals surface area contributed by atoms with Gasteiger partial charge in [-0.05, 0) is 18.6 Å². The lowest BCUT2D eigenvalue weighted by molar-refractivity contribution is -0.486. The molecule has 0 bridgehead atoms. The lowest BCUT2D eigenvalue weighted by Crippen LogP contribution is -2.40. The van der Waals surface area contributed by atoms with Crippen LogP contribution in [0, 0.1) is 16.0 Å². The molecule has 11 heteroatoms. The van der Waals surface area contributed by atoms with E-state index in [1.165, 1.54) is 4.90 Å². The van der Waals surface area contributed by atoms with Crippen molar-refractivity contribution in [3.8, 4) is 0 Å². The van der Waals surface area contributed by atoms with Crippen LogP contribution in [0.1, 0.15) is 12.0 Å². The summed E-state index contributed by atoms with van der Waals surface area (Å²) >= 11 is 11.9. The van der Waals surface area contributed by atoms with Gasteiger partial charge in [-0.3, -0.25) is 0 Å². The summed E-state index contributed by atoms with van der Waals surface area (Å²) in [5, 5.41) is 14.3. The minimum atomic E-state index is -0.810. The molecule has 1 aromatic rings. The Hall–Kier alpha value is -2.10. The standard InChI is InChI=1S/C16H18Cl2N4O5/c17-13-2-1-12(14(18)7-13)10-27-16(23)21-5-4-20(15(21)19-22(24)25)8-11-3-6-26-9-11/h1-2,7,11H,3-6,8-10H2. The Bertz CT molecular complexity index is 754. The molecular weight excluding hydrogens is 399 g/mol. The molecule has 9 nitrogen and oxygen atoms in total. The number of hydrogen-bond acceptors (Lipinski definition) is 5. The van der Waals surface area contributed by atoms with Crippen LogP contribution in [-0.4, -0.2) is 59.7 Å². The zero-order chi connectivity index (χ0) is 19.4. The first-order valence-corrected chi connectivity index (χ1v) is 9.13. The minimum Gasteiger partial charge on any atom is -0.444 e. The maximum Gasteiger partial charge on any atom is 0.417 e. The number of hydrazone groups is 1. The van der Waals surface area contributed by atoms with Crippen molar-refractivity contribution in [3.63, 3.8) is 0 Å². The molecule has 2 aliphatic rings. The number of guanidine groups is 1. The molecule has 1 atom stereocenters. The first kappa shape index (κ1) is 19.7. The lowest BCUT2D eigenvalue weighted by atomic mass is 10.1. The third-order valence-corrected chi connectivity index (χ3v) is 4.97. The van der Waals surface area contributed by atoms with E-state index >= 15 is 0 Å². The summed E-state index contributed by atoms with van der Waals surface area (Å²) in [6.07, 6.45) is 0.161. The lowest BCUT2D eigenvalue weighted by Gasteiger charge is -2.21. The number of hydrogen-bond donors (Lipinski definition) is 0. The third kappa shape index (κ3) is 5.00. The van der Waals surface area contributed by atoms with Gasteiger partial charge in [-0.2, -0.15) is 0 Å². The smallest absolute Gasteiger partial charge is 0.417 e. The van der Waals surface area contributed by atoms with Crippen LogP contribution < -0.4 is 0 Å². The molecule has 0 saturated carbocycles. The number of ether oxygens (including phenoxy) is 2. The van der Waals surface area contributed by atoms with Crippen LogP contribution in [0.2, 0.25) is 10.0 Å². The number of carbonyl (C=O) groups is 1. The van der Waals surface area contributed by atoms with Crippen molar-refractivity contribution in [2.45, 2.75) is 13.0 Å². The molecule has 1 amide bonds. The van der Waals surface area contributed by atoms with E-state index in [1.807, 2.05) is 0 Å². The SMILES string of the molecule is O=C(OCc1ccc(Cl)cc1Cl)N1CCN(CC2CCOC2)C1=N[N+](=O)[O-]. The van der Waals surface area contributed by atoms with Gasteiger partial charge in [-0.25, -0.2) is 19.8 Å². The van der Waals surface area contributed by atoms with E-state index in [9.17, 15) is 14.9 Å². The summed E-state index contributed by atoms with van der Waals surface area (Å²) < 4.78 is 10.6. The Labute approximate surface area is 165 Å². The largest absolute Gasteiger partial charge is 0.444 e. The third-order valence-electron chi connectivity index (χ3n) is 4.38. The fraction of sp³-hybridized carbons (Fsp3) is 0.500. The molecule has 1 unspecified atom stereocenters. The van der Waals surface area contributed by atoms with Gasteiger partial charge in [0.15, 0.2) is 5.03 Å². The Kier molecular flexibility index (Phi) is 6.35. The highest BCUT2D eigenvalue weighted by Gasteiger charge is 2.36. The molecule has 2 heterocycles. The number of halogens is 2. The highest BCUT2D eigenvalue weighted by molar-refractivity contribution is 6.35. The first-order valence-electron chi connectivity index (χ1n) is 8.38. The zero-order valence-corrected chi connectivity index (χ0v) is 15.9. The summed E-state index contributed by atoms with van der Waals surface area (Å²) in [5.41, 5.74) is 0.585. The first-order chi connectivity index (χ1) is 12.9. The molecule has 0 aliphatic carbocycles. The second kappa shape index (κ2) is 8.73. The van der Waals surface area contributed by atoms with E-state index in [1.54, 1.807) is 23.1 Å². The van der Waals surface area contributed by atoms with E-state index in [2.05, 4.69) is 5.10 Å². The zero-order valence-electron chi connectivity index (χ0n) is 14.3. The minimum absolute atomic E-state index is 0.0147. The van der Waals surface area contributed by atoms with Crippen LogP contribution in [0.25, 0.3) is 0 Å². The highest BCUT2D eigenvalue weighted by Crippen LogP contribution is 2.23. The monoisotopic (exact) mass is 416 g/mol. The number of nitrogens with zero attached hydrogens (tertiary/aromatic N) is 4. The van der Waals surface area contributed by atoms with Crippen molar-refractivity contribution in [3.05, 3.63) is 43.9 Å². The van der Waals surface area contributed by atoms with Gasteiger partial charge in [0.25, 0.3) is 5.96 Å². The van der Waals surface area contributed by atoms with Crippen LogP contribution in [-0.2, 0) is 16.1 Å². The Morgan fingerprint density at radius 2 is 2.22 bits per heavy atom. The van der Waals surface area contributed by atoms with Crippen molar-refractivity contribution >= 4 is 35.3 Å². The van der Waals surface area contributed by atoms with Gasteiger partial charge in [0.05, 0.1) is 13.2 Å². The van der Waals surface area contributed by atoms with Crippen molar-refractivity contribution < 1.29 is 19.3 Å². The fourth-order valence-electron chi connectivity index (χ4n) is 3.02.